The molecule has 104 valence electrons. The first-order valence-electron chi connectivity index (χ1n) is 6.91. The van der Waals surface area contributed by atoms with Crippen LogP contribution in [-0.4, -0.2) is 36.1 Å². The van der Waals surface area contributed by atoms with E-state index in [-0.39, 0.29) is 18.1 Å². The summed E-state index contributed by atoms with van der Waals surface area (Å²) in [5.74, 6) is 0.136. The molecule has 1 saturated heterocycles. The Hall–Kier alpha value is -1.35. The Kier molecular flexibility index (Phi) is 3.95. The number of hydrogen-bond acceptors (Lipinski definition) is 2. The second-order valence-electron chi connectivity index (χ2n) is 5.74. The summed E-state index contributed by atoms with van der Waals surface area (Å²) in [7, 11) is 0. The van der Waals surface area contributed by atoms with E-state index in [0.29, 0.717) is 13.1 Å². The molecule has 19 heavy (non-hydrogen) atoms. The number of amides is 1. The fourth-order valence-electron chi connectivity index (χ4n) is 3.02. The van der Waals surface area contributed by atoms with Crippen molar-refractivity contribution in [3.8, 4) is 0 Å². The van der Waals surface area contributed by atoms with Crippen LogP contribution in [0, 0.1) is 20.8 Å². The predicted molar refractivity (Wildman–Crippen MR) is 76.6 cm³/mol. The molecule has 1 aliphatic rings. The standard InChI is InChI=1S/C16H23NO2/c1-10-6-11(2)15(12(3)7-10)16(18)17-8-13(4)19-14(5)9-17/h6-7,13-14H,8-9H2,1-5H3/t13-,14-/m1/s1. The van der Waals surface area contributed by atoms with E-state index in [1.54, 1.807) is 0 Å². The van der Waals surface area contributed by atoms with Crippen molar-refractivity contribution in [3.05, 3.63) is 34.4 Å². The first-order chi connectivity index (χ1) is 8.88. The van der Waals surface area contributed by atoms with Crippen LogP contribution in [0.1, 0.15) is 40.9 Å². The van der Waals surface area contributed by atoms with Gasteiger partial charge in [0, 0.05) is 18.7 Å². The molecule has 0 aliphatic carbocycles. The van der Waals surface area contributed by atoms with E-state index in [2.05, 4.69) is 19.1 Å². The van der Waals surface area contributed by atoms with Gasteiger partial charge in [-0.25, -0.2) is 0 Å². The average Bonchev–Trinajstić information content (AvgIpc) is 2.25. The highest BCUT2D eigenvalue weighted by molar-refractivity contribution is 5.97. The molecule has 1 fully saturated rings. The maximum absolute atomic E-state index is 12.7. The highest BCUT2D eigenvalue weighted by atomic mass is 16.5. The van der Waals surface area contributed by atoms with Gasteiger partial charge in [0.2, 0.25) is 0 Å². The topological polar surface area (TPSA) is 29.5 Å². The van der Waals surface area contributed by atoms with Gasteiger partial charge in [-0.05, 0) is 45.7 Å². The summed E-state index contributed by atoms with van der Waals surface area (Å²) in [6.45, 7) is 11.5. The third kappa shape index (κ3) is 2.98. The molecule has 0 unspecified atom stereocenters. The van der Waals surface area contributed by atoms with Crippen molar-refractivity contribution in [2.24, 2.45) is 0 Å². The van der Waals surface area contributed by atoms with Gasteiger partial charge in [-0.2, -0.15) is 0 Å². The molecule has 1 aliphatic heterocycles. The summed E-state index contributed by atoms with van der Waals surface area (Å²) in [4.78, 5) is 14.6. The number of carbonyl (C=O) groups excluding carboxylic acids is 1. The molecule has 1 aromatic rings. The Morgan fingerprint density at radius 1 is 1.11 bits per heavy atom. The SMILES string of the molecule is Cc1cc(C)c(C(=O)N2C[C@@H](C)O[C@H](C)C2)c(C)c1. The molecule has 3 heteroatoms. The fourth-order valence-corrected chi connectivity index (χ4v) is 3.02. The molecular formula is C16H23NO2. The number of morpholine rings is 1. The van der Waals surface area contributed by atoms with Crippen molar-refractivity contribution in [2.75, 3.05) is 13.1 Å². The van der Waals surface area contributed by atoms with Gasteiger partial charge in [0.15, 0.2) is 0 Å². The van der Waals surface area contributed by atoms with Crippen LogP contribution < -0.4 is 0 Å². The molecule has 1 amide bonds. The Balaban J connectivity index is 2.29. The van der Waals surface area contributed by atoms with Crippen molar-refractivity contribution in [2.45, 2.75) is 46.8 Å². The van der Waals surface area contributed by atoms with E-state index < -0.39 is 0 Å². The van der Waals surface area contributed by atoms with Gasteiger partial charge in [-0.1, -0.05) is 17.7 Å². The van der Waals surface area contributed by atoms with E-state index in [0.717, 1.165) is 16.7 Å². The monoisotopic (exact) mass is 261 g/mol. The average molecular weight is 261 g/mol. The molecular weight excluding hydrogens is 238 g/mol. The molecule has 2 atom stereocenters. The normalized spacial score (nSPS) is 23.5. The third-order valence-electron chi connectivity index (χ3n) is 3.60. The van der Waals surface area contributed by atoms with Crippen LogP contribution in [0.15, 0.2) is 12.1 Å². The second kappa shape index (κ2) is 5.33. The van der Waals surface area contributed by atoms with E-state index in [4.69, 9.17) is 4.74 Å². The molecule has 0 bridgehead atoms. The first-order valence-corrected chi connectivity index (χ1v) is 6.91. The predicted octanol–water partition coefficient (Wildman–Crippen LogP) is 2.86. The van der Waals surface area contributed by atoms with Gasteiger partial charge >= 0.3 is 0 Å². The van der Waals surface area contributed by atoms with E-state index in [9.17, 15) is 4.79 Å². The quantitative estimate of drug-likeness (QED) is 0.778. The lowest BCUT2D eigenvalue weighted by Gasteiger charge is -2.36. The van der Waals surface area contributed by atoms with Crippen LogP contribution in [0.2, 0.25) is 0 Å². The number of rotatable bonds is 1. The van der Waals surface area contributed by atoms with Crippen molar-refractivity contribution in [3.63, 3.8) is 0 Å². The van der Waals surface area contributed by atoms with Crippen LogP contribution >= 0.6 is 0 Å². The minimum absolute atomic E-state index is 0.110. The maximum Gasteiger partial charge on any atom is 0.254 e. The number of hydrogen-bond donors (Lipinski definition) is 0. The molecule has 0 N–H and O–H groups in total. The number of nitrogens with zero attached hydrogens (tertiary/aromatic N) is 1. The zero-order valence-corrected chi connectivity index (χ0v) is 12.5. The maximum atomic E-state index is 12.7. The highest BCUT2D eigenvalue weighted by Gasteiger charge is 2.28. The van der Waals surface area contributed by atoms with Gasteiger partial charge in [0.25, 0.3) is 5.91 Å². The minimum atomic E-state index is 0.110. The van der Waals surface area contributed by atoms with Crippen LogP contribution in [0.5, 0.6) is 0 Å². The first kappa shape index (κ1) is 14.1. The van der Waals surface area contributed by atoms with Gasteiger partial charge in [-0.3, -0.25) is 4.79 Å². The number of benzene rings is 1. The molecule has 3 nitrogen and oxygen atoms in total. The van der Waals surface area contributed by atoms with E-state index >= 15 is 0 Å². The lowest BCUT2D eigenvalue weighted by atomic mass is 9.98. The lowest BCUT2D eigenvalue weighted by molar-refractivity contribution is -0.0586. The summed E-state index contributed by atoms with van der Waals surface area (Å²) in [5, 5.41) is 0. The summed E-state index contributed by atoms with van der Waals surface area (Å²) in [6.07, 6.45) is 0.220. The zero-order valence-electron chi connectivity index (χ0n) is 12.5. The molecule has 2 rings (SSSR count). The summed E-state index contributed by atoms with van der Waals surface area (Å²) < 4.78 is 5.69. The molecule has 0 aromatic heterocycles. The van der Waals surface area contributed by atoms with Crippen LogP contribution in [0.25, 0.3) is 0 Å². The number of ether oxygens (including phenoxy) is 1. The van der Waals surface area contributed by atoms with E-state index in [1.807, 2.05) is 32.6 Å². The summed E-state index contributed by atoms with van der Waals surface area (Å²) in [6, 6.07) is 4.15. The van der Waals surface area contributed by atoms with Crippen molar-refractivity contribution >= 4 is 5.91 Å². The Morgan fingerprint density at radius 3 is 2.05 bits per heavy atom. The number of carbonyl (C=O) groups is 1. The van der Waals surface area contributed by atoms with Crippen molar-refractivity contribution in [1.82, 2.24) is 4.90 Å². The third-order valence-corrected chi connectivity index (χ3v) is 3.60. The molecule has 0 saturated carbocycles. The zero-order chi connectivity index (χ0) is 14.2. The van der Waals surface area contributed by atoms with Gasteiger partial charge in [0.05, 0.1) is 12.2 Å². The van der Waals surface area contributed by atoms with Crippen LogP contribution in [0.4, 0.5) is 0 Å². The number of aryl methyl sites for hydroxylation is 3. The summed E-state index contributed by atoms with van der Waals surface area (Å²) in [5.41, 5.74) is 4.19. The van der Waals surface area contributed by atoms with Crippen LogP contribution in [0.3, 0.4) is 0 Å². The van der Waals surface area contributed by atoms with Crippen LogP contribution in [-0.2, 0) is 4.74 Å². The smallest absolute Gasteiger partial charge is 0.254 e. The fraction of sp³-hybridized carbons (Fsp3) is 0.562. The molecule has 1 heterocycles. The van der Waals surface area contributed by atoms with Gasteiger partial charge in [0.1, 0.15) is 0 Å². The largest absolute Gasteiger partial charge is 0.372 e. The molecule has 0 radical (unpaired) electrons. The lowest BCUT2D eigenvalue weighted by Crippen LogP contribution is -2.48. The van der Waals surface area contributed by atoms with Gasteiger partial charge in [-0.15, -0.1) is 0 Å². The Morgan fingerprint density at radius 2 is 1.58 bits per heavy atom. The second-order valence-corrected chi connectivity index (χ2v) is 5.74. The molecule has 0 spiro atoms. The van der Waals surface area contributed by atoms with Crippen molar-refractivity contribution < 1.29 is 9.53 Å². The Bertz CT molecular complexity index is 463. The van der Waals surface area contributed by atoms with Crippen molar-refractivity contribution in [1.29, 1.82) is 0 Å². The Labute approximate surface area is 115 Å². The van der Waals surface area contributed by atoms with Gasteiger partial charge < -0.3 is 9.64 Å². The minimum Gasteiger partial charge on any atom is -0.372 e. The highest BCUT2D eigenvalue weighted by Crippen LogP contribution is 2.21. The summed E-state index contributed by atoms with van der Waals surface area (Å²) >= 11 is 0. The molecule has 1 aromatic carbocycles. The van der Waals surface area contributed by atoms with E-state index in [1.165, 1.54) is 5.56 Å².